The van der Waals surface area contributed by atoms with Gasteiger partial charge in [0.15, 0.2) is 0 Å². The number of carbonyl (C=O) groups excluding carboxylic acids is 1. The van der Waals surface area contributed by atoms with Gasteiger partial charge in [-0.15, -0.1) is 0 Å². The van der Waals surface area contributed by atoms with E-state index in [1.165, 1.54) is 35.5 Å². The molecule has 1 N–H and O–H groups in total. The Kier molecular flexibility index (Phi) is 5.64. The summed E-state index contributed by atoms with van der Waals surface area (Å²) < 4.78 is 46.6. The number of nitrogens with one attached hydrogen (secondary N) is 1. The van der Waals surface area contributed by atoms with Gasteiger partial charge in [-0.05, 0) is 61.6 Å². The zero-order valence-corrected chi connectivity index (χ0v) is 20.3. The van der Waals surface area contributed by atoms with Gasteiger partial charge in [-0.3, -0.25) is 14.0 Å². The van der Waals surface area contributed by atoms with E-state index < -0.39 is 10.0 Å². The SMILES string of the molecule is CNC(=O)c1c(-c2ccc(F)cc2)oc2cc3c(cc12)C(C)N(CC1CC1)CCN3S(C)(=O)=O. The first kappa shape index (κ1) is 22.9. The molecule has 2 aromatic carbocycles. The van der Waals surface area contributed by atoms with Crippen LogP contribution in [0.15, 0.2) is 40.8 Å². The molecule has 1 aliphatic heterocycles. The molecule has 1 atom stereocenters. The molecule has 34 heavy (non-hydrogen) atoms. The summed E-state index contributed by atoms with van der Waals surface area (Å²) in [5.74, 6) is 0.262. The summed E-state index contributed by atoms with van der Waals surface area (Å²) in [5, 5.41) is 3.27. The standard InChI is InChI=1S/C25H28FN3O4S/c1-15-19-12-20-22(33-24(23(20)25(30)27-2)17-6-8-18(26)9-7-17)13-21(19)29(34(3,31)32)11-10-28(15)14-16-4-5-16/h6-9,12-13,15-16H,4-5,10-11,14H2,1-3H3,(H,27,30). The maximum Gasteiger partial charge on any atom is 0.255 e. The Morgan fingerprint density at radius 2 is 1.88 bits per heavy atom. The van der Waals surface area contributed by atoms with Gasteiger partial charge in [0.2, 0.25) is 10.0 Å². The van der Waals surface area contributed by atoms with Gasteiger partial charge in [-0.25, -0.2) is 12.8 Å². The average Bonchev–Trinajstić information content (AvgIpc) is 3.56. The number of hydrogen-bond donors (Lipinski definition) is 1. The normalized spacial score (nSPS) is 19.2. The van der Waals surface area contributed by atoms with E-state index in [-0.39, 0.29) is 17.8 Å². The average molecular weight is 486 g/mol. The van der Waals surface area contributed by atoms with Crippen LogP contribution in [0.2, 0.25) is 0 Å². The molecule has 1 fully saturated rings. The van der Waals surface area contributed by atoms with Gasteiger partial charge in [-0.1, -0.05) is 0 Å². The molecule has 1 unspecified atom stereocenters. The lowest BCUT2D eigenvalue weighted by Crippen LogP contribution is -2.36. The molecule has 0 saturated heterocycles. The molecule has 2 heterocycles. The van der Waals surface area contributed by atoms with Crippen LogP contribution in [0.4, 0.5) is 10.1 Å². The van der Waals surface area contributed by atoms with E-state index in [1.54, 1.807) is 25.2 Å². The second kappa shape index (κ2) is 8.39. The van der Waals surface area contributed by atoms with Crippen LogP contribution in [0, 0.1) is 11.7 Å². The third kappa shape index (κ3) is 4.07. The van der Waals surface area contributed by atoms with Crippen molar-refractivity contribution in [2.24, 2.45) is 5.92 Å². The highest BCUT2D eigenvalue weighted by Crippen LogP contribution is 2.43. The highest BCUT2D eigenvalue weighted by molar-refractivity contribution is 7.92. The van der Waals surface area contributed by atoms with Crippen molar-refractivity contribution >= 4 is 32.6 Å². The van der Waals surface area contributed by atoms with E-state index in [0.717, 1.165) is 12.1 Å². The maximum atomic E-state index is 13.5. The summed E-state index contributed by atoms with van der Waals surface area (Å²) in [5.41, 5.74) is 2.74. The van der Waals surface area contributed by atoms with Gasteiger partial charge in [0, 0.05) is 49.7 Å². The summed E-state index contributed by atoms with van der Waals surface area (Å²) in [4.78, 5) is 15.3. The number of hydrogen-bond acceptors (Lipinski definition) is 5. The number of carbonyl (C=O) groups is 1. The van der Waals surface area contributed by atoms with Crippen molar-refractivity contribution in [3.63, 3.8) is 0 Å². The molecule has 180 valence electrons. The Morgan fingerprint density at radius 1 is 1.18 bits per heavy atom. The van der Waals surface area contributed by atoms with Crippen molar-refractivity contribution in [1.82, 2.24) is 10.2 Å². The van der Waals surface area contributed by atoms with Gasteiger partial charge >= 0.3 is 0 Å². The number of benzene rings is 2. The lowest BCUT2D eigenvalue weighted by Gasteiger charge is -2.27. The molecular weight excluding hydrogens is 457 g/mol. The monoisotopic (exact) mass is 485 g/mol. The molecule has 1 aromatic heterocycles. The van der Waals surface area contributed by atoms with Crippen LogP contribution in [-0.2, 0) is 10.0 Å². The van der Waals surface area contributed by atoms with Gasteiger partial charge in [0.1, 0.15) is 17.2 Å². The Bertz CT molecular complexity index is 1360. The summed E-state index contributed by atoms with van der Waals surface area (Å²) in [7, 11) is -1.98. The maximum absolute atomic E-state index is 13.5. The highest BCUT2D eigenvalue weighted by Gasteiger charge is 2.35. The zero-order chi connectivity index (χ0) is 24.2. The molecule has 1 saturated carbocycles. The van der Waals surface area contributed by atoms with E-state index in [1.807, 2.05) is 6.07 Å². The lowest BCUT2D eigenvalue weighted by molar-refractivity contribution is 0.0964. The number of amides is 1. The Labute approximate surface area is 198 Å². The predicted octanol–water partition coefficient (Wildman–Crippen LogP) is 4.15. The Morgan fingerprint density at radius 3 is 2.50 bits per heavy atom. The van der Waals surface area contributed by atoms with Crippen LogP contribution < -0.4 is 9.62 Å². The van der Waals surface area contributed by atoms with Crippen LogP contribution in [0.25, 0.3) is 22.3 Å². The topological polar surface area (TPSA) is 82.9 Å². The molecule has 7 nitrogen and oxygen atoms in total. The van der Waals surface area contributed by atoms with E-state index in [4.69, 9.17) is 4.42 Å². The highest BCUT2D eigenvalue weighted by atomic mass is 32.2. The van der Waals surface area contributed by atoms with Crippen LogP contribution >= 0.6 is 0 Å². The molecular formula is C25H28FN3O4S. The second-order valence-electron chi connectivity index (χ2n) is 9.25. The minimum atomic E-state index is -3.53. The smallest absolute Gasteiger partial charge is 0.255 e. The van der Waals surface area contributed by atoms with Crippen molar-refractivity contribution in [3.8, 4) is 11.3 Å². The first-order chi connectivity index (χ1) is 16.2. The van der Waals surface area contributed by atoms with Crippen molar-refractivity contribution in [2.75, 3.05) is 37.2 Å². The second-order valence-corrected chi connectivity index (χ2v) is 11.2. The third-order valence-corrected chi connectivity index (χ3v) is 8.02. The van der Waals surface area contributed by atoms with E-state index >= 15 is 0 Å². The van der Waals surface area contributed by atoms with E-state index in [9.17, 15) is 17.6 Å². The third-order valence-electron chi connectivity index (χ3n) is 6.84. The molecule has 3 aromatic rings. The number of rotatable bonds is 5. The van der Waals surface area contributed by atoms with Crippen molar-refractivity contribution in [3.05, 3.63) is 53.3 Å². The van der Waals surface area contributed by atoms with Crippen molar-refractivity contribution < 1.29 is 22.0 Å². The number of anilines is 1. The summed E-state index contributed by atoms with van der Waals surface area (Å²) in [6.45, 7) is 3.98. The number of halogens is 1. The summed E-state index contributed by atoms with van der Waals surface area (Å²) >= 11 is 0. The molecule has 5 rings (SSSR count). The van der Waals surface area contributed by atoms with Crippen molar-refractivity contribution in [2.45, 2.75) is 25.8 Å². The van der Waals surface area contributed by atoms with Gasteiger partial charge in [0.25, 0.3) is 5.91 Å². The first-order valence-corrected chi connectivity index (χ1v) is 13.3. The lowest BCUT2D eigenvalue weighted by atomic mass is 9.99. The Balaban J connectivity index is 1.74. The summed E-state index contributed by atoms with van der Waals surface area (Å²) in [6, 6.07) is 9.33. The Hall–Kier alpha value is -2.91. The molecule has 1 amide bonds. The molecule has 0 spiro atoms. The first-order valence-electron chi connectivity index (χ1n) is 11.5. The number of fused-ring (bicyclic) bond motifs is 2. The molecule has 0 radical (unpaired) electrons. The molecule has 2 aliphatic rings. The number of nitrogens with zero attached hydrogens (tertiary/aromatic N) is 2. The zero-order valence-electron chi connectivity index (χ0n) is 19.5. The summed E-state index contributed by atoms with van der Waals surface area (Å²) in [6.07, 6.45) is 3.62. The fourth-order valence-electron chi connectivity index (χ4n) is 4.81. The minimum absolute atomic E-state index is 0.0338. The quantitative estimate of drug-likeness (QED) is 0.587. The predicted molar refractivity (Wildman–Crippen MR) is 130 cm³/mol. The molecule has 0 bridgehead atoms. The van der Waals surface area contributed by atoms with Crippen LogP contribution in [0.5, 0.6) is 0 Å². The fraction of sp³-hybridized carbons (Fsp3) is 0.400. The largest absolute Gasteiger partial charge is 0.455 e. The van der Waals surface area contributed by atoms with Gasteiger partial charge in [-0.2, -0.15) is 0 Å². The van der Waals surface area contributed by atoms with E-state index in [0.29, 0.717) is 52.6 Å². The van der Waals surface area contributed by atoms with E-state index in [2.05, 4.69) is 17.1 Å². The van der Waals surface area contributed by atoms with Gasteiger partial charge in [0.05, 0.1) is 17.5 Å². The van der Waals surface area contributed by atoms with Crippen LogP contribution in [0.3, 0.4) is 0 Å². The molecule has 9 heteroatoms. The number of sulfonamides is 1. The van der Waals surface area contributed by atoms with Crippen LogP contribution in [0.1, 0.15) is 41.7 Å². The van der Waals surface area contributed by atoms with Crippen molar-refractivity contribution in [1.29, 1.82) is 0 Å². The fourth-order valence-corrected chi connectivity index (χ4v) is 5.74. The molecule has 1 aliphatic carbocycles. The minimum Gasteiger partial charge on any atom is -0.455 e. The van der Waals surface area contributed by atoms with Gasteiger partial charge < -0.3 is 9.73 Å². The number of furan rings is 1. The van der Waals surface area contributed by atoms with Crippen LogP contribution in [-0.4, -0.2) is 52.2 Å².